The zero-order valence-electron chi connectivity index (χ0n) is 12.2. The molecule has 1 aromatic rings. The number of halogens is 2. The van der Waals surface area contributed by atoms with E-state index < -0.39 is 11.9 Å². The summed E-state index contributed by atoms with van der Waals surface area (Å²) in [6.07, 6.45) is 0.484. The van der Waals surface area contributed by atoms with Gasteiger partial charge in [-0.15, -0.1) is 0 Å². The molecule has 1 aromatic carbocycles. The van der Waals surface area contributed by atoms with Crippen molar-refractivity contribution in [1.29, 1.82) is 0 Å². The van der Waals surface area contributed by atoms with Crippen molar-refractivity contribution in [3.05, 3.63) is 28.8 Å². The Morgan fingerprint density at radius 3 is 2.55 bits per heavy atom. The Morgan fingerprint density at radius 2 is 1.91 bits per heavy atom. The Labute approximate surface area is 127 Å². The zero-order chi connectivity index (χ0) is 15.9. The summed E-state index contributed by atoms with van der Waals surface area (Å²) < 4.78 is 29.0. The molecular weight excluding hydrogens is 292 g/mol. The topological polar surface area (TPSA) is 69.8 Å². The molecule has 0 aromatic heterocycles. The van der Waals surface area contributed by atoms with Crippen molar-refractivity contribution >= 4 is 11.8 Å². The maximum atomic E-state index is 14.7. The van der Waals surface area contributed by atoms with Crippen LogP contribution in [0.4, 0.5) is 19.3 Å². The number of nitrogens with zero attached hydrogens (tertiary/aromatic N) is 2. The number of carboxylic acid groups (broad SMARTS) is 1. The number of carbonyl (C=O) groups is 1. The molecule has 5 nitrogen and oxygen atoms in total. The summed E-state index contributed by atoms with van der Waals surface area (Å²) in [5, 5.41) is 8.94. The number of hydrogen-bond donors (Lipinski definition) is 2. The molecule has 1 atom stereocenters. The highest BCUT2D eigenvalue weighted by molar-refractivity contribution is 5.65. The van der Waals surface area contributed by atoms with Crippen LogP contribution in [0.25, 0.3) is 0 Å². The Morgan fingerprint density at radius 1 is 1.23 bits per heavy atom. The maximum Gasteiger partial charge on any atom is 0.407 e. The smallest absolute Gasteiger partial charge is 0.407 e. The van der Waals surface area contributed by atoms with Gasteiger partial charge in [0.05, 0.1) is 5.69 Å². The molecule has 1 aliphatic heterocycles. The first-order valence-electron chi connectivity index (χ1n) is 7.45. The van der Waals surface area contributed by atoms with Gasteiger partial charge in [0.15, 0.2) is 0 Å². The van der Waals surface area contributed by atoms with Crippen molar-refractivity contribution in [2.24, 2.45) is 5.73 Å². The van der Waals surface area contributed by atoms with E-state index in [1.54, 1.807) is 4.90 Å². The fourth-order valence-electron chi connectivity index (χ4n) is 3.25. The summed E-state index contributed by atoms with van der Waals surface area (Å²) in [7, 11) is 0. The second-order valence-electron chi connectivity index (χ2n) is 5.91. The van der Waals surface area contributed by atoms with Crippen LogP contribution in [-0.2, 0) is 12.8 Å². The molecule has 22 heavy (non-hydrogen) atoms. The van der Waals surface area contributed by atoms with Gasteiger partial charge in [-0.1, -0.05) is 0 Å². The number of fused-ring (bicyclic) bond motifs is 1. The van der Waals surface area contributed by atoms with E-state index in [4.69, 9.17) is 10.8 Å². The third-order valence-corrected chi connectivity index (χ3v) is 4.53. The first-order chi connectivity index (χ1) is 10.5. The Bertz CT molecular complexity index is 601. The molecule has 1 unspecified atom stereocenters. The summed E-state index contributed by atoms with van der Waals surface area (Å²) >= 11 is 0. The van der Waals surface area contributed by atoms with Crippen LogP contribution in [0.15, 0.2) is 6.07 Å². The zero-order valence-corrected chi connectivity index (χ0v) is 12.2. The average Bonchev–Trinajstić information content (AvgIpc) is 2.51. The molecule has 0 spiro atoms. The standard InChI is InChI=1S/C15H19F2N3O2/c16-12-8-13(19-3-5-20(6-4-19)15(21)22)14(17)10-2-1-9(18)7-11(10)12/h8-9H,1-7,18H2,(H,21,22). The van der Waals surface area contributed by atoms with E-state index in [1.165, 1.54) is 11.0 Å². The van der Waals surface area contributed by atoms with E-state index in [1.807, 2.05) is 0 Å². The minimum atomic E-state index is -0.981. The van der Waals surface area contributed by atoms with E-state index in [2.05, 4.69) is 0 Å². The van der Waals surface area contributed by atoms with E-state index in [0.717, 1.165) is 0 Å². The van der Waals surface area contributed by atoms with E-state index >= 15 is 0 Å². The number of anilines is 1. The monoisotopic (exact) mass is 311 g/mol. The minimum Gasteiger partial charge on any atom is -0.465 e. The minimum absolute atomic E-state index is 0.119. The van der Waals surface area contributed by atoms with Crippen molar-refractivity contribution in [3.63, 3.8) is 0 Å². The number of nitrogens with two attached hydrogens (primary N) is 1. The summed E-state index contributed by atoms with van der Waals surface area (Å²) in [6.45, 7) is 1.30. The molecule has 1 aliphatic carbocycles. The van der Waals surface area contributed by atoms with E-state index in [-0.39, 0.29) is 17.5 Å². The molecule has 1 amide bonds. The third kappa shape index (κ3) is 2.61. The molecule has 3 rings (SSSR count). The molecule has 1 heterocycles. The molecule has 3 N–H and O–H groups in total. The lowest BCUT2D eigenvalue weighted by molar-refractivity contribution is 0.142. The first kappa shape index (κ1) is 15.0. The number of benzene rings is 1. The van der Waals surface area contributed by atoms with Crippen LogP contribution in [0.2, 0.25) is 0 Å². The number of piperazine rings is 1. The van der Waals surface area contributed by atoms with Crippen molar-refractivity contribution < 1.29 is 18.7 Å². The highest BCUT2D eigenvalue weighted by atomic mass is 19.1. The number of amides is 1. The fraction of sp³-hybridized carbons (Fsp3) is 0.533. The third-order valence-electron chi connectivity index (χ3n) is 4.53. The van der Waals surface area contributed by atoms with Gasteiger partial charge in [-0.05, 0) is 30.4 Å². The second-order valence-corrected chi connectivity index (χ2v) is 5.91. The Balaban J connectivity index is 1.87. The van der Waals surface area contributed by atoms with Crippen LogP contribution in [-0.4, -0.2) is 48.3 Å². The van der Waals surface area contributed by atoms with Crippen LogP contribution < -0.4 is 10.6 Å². The molecule has 7 heteroatoms. The normalized spacial score (nSPS) is 21.7. The molecular formula is C15H19F2N3O2. The van der Waals surface area contributed by atoms with Crippen molar-refractivity contribution in [2.45, 2.75) is 25.3 Å². The summed E-state index contributed by atoms with van der Waals surface area (Å²) in [5.74, 6) is -0.797. The number of rotatable bonds is 1. The molecule has 1 fully saturated rings. The van der Waals surface area contributed by atoms with Gasteiger partial charge in [-0.2, -0.15) is 0 Å². The average molecular weight is 311 g/mol. The van der Waals surface area contributed by atoms with Crippen molar-refractivity contribution in [2.75, 3.05) is 31.1 Å². The first-order valence-corrected chi connectivity index (χ1v) is 7.45. The van der Waals surface area contributed by atoms with Crippen molar-refractivity contribution in [1.82, 2.24) is 4.90 Å². The molecule has 0 bridgehead atoms. The van der Waals surface area contributed by atoms with Crippen LogP contribution in [0, 0.1) is 11.6 Å². The van der Waals surface area contributed by atoms with Gasteiger partial charge in [-0.25, -0.2) is 13.6 Å². The van der Waals surface area contributed by atoms with Crippen LogP contribution >= 0.6 is 0 Å². The summed E-state index contributed by atoms with van der Waals surface area (Å²) in [4.78, 5) is 13.9. The highest BCUT2D eigenvalue weighted by Gasteiger charge is 2.28. The predicted molar refractivity (Wildman–Crippen MR) is 78.2 cm³/mol. The molecule has 0 saturated carbocycles. The molecule has 120 valence electrons. The summed E-state index contributed by atoms with van der Waals surface area (Å²) in [5.41, 5.74) is 6.89. The van der Waals surface area contributed by atoms with Crippen LogP contribution in [0.3, 0.4) is 0 Å². The van der Waals surface area contributed by atoms with Crippen LogP contribution in [0.5, 0.6) is 0 Å². The van der Waals surface area contributed by atoms with Gasteiger partial charge in [-0.3, -0.25) is 0 Å². The molecule has 2 aliphatic rings. The lowest BCUT2D eigenvalue weighted by Crippen LogP contribution is -2.48. The molecule has 1 saturated heterocycles. The fourth-order valence-corrected chi connectivity index (χ4v) is 3.25. The van der Waals surface area contributed by atoms with Gasteiger partial charge < -0.3 is 20.6 Å². The van der Waals surface area contributed by atoms with E-state index in [9.17, 15) is 13.6 Å². The van der Waals surface area contributed by atoms with Crippen molar-refractivity contribution in [3.8, 4) is 0 Å². The highest BCUT2D eigenvalue weighted by Crippen LogP contribution is 2.33. The number of hydrogen-bond acceptors (Lipinski definition) is 3. The maximum absolute atomic E-state index is 14.7. The lowest BCUT2D eigenvalue weighted by Gasteiger charge is -2.35. The van der Waals surface area contributed by atoms with E-state index in [0.29, 0.717) is 56.6 Å². The van der Waals surface area contributed by atoms with Crippen LogP contribution in [0.1, 0.15) is 17.5 Å². The van der Waals surface area contributed by atoms with Gasteiger partial charge in [0, 0.05) is 38.3 Å². The Kier molecular flexibility index (Phi) is 3.90. The van der Waals surface area contributed by atoms with Gasteiger partial charge in [0.2, 0.25) is 0 Å². The summed E-state index contributed by atoms with van der Waals surface area (Å²) in [6, 6.07) is 1.11. The molecule has 0 radical (unpaired) electrons. The van der Waals surface area contributed by atoms with Gasteiger partial charge in [0.1, 0.15) is 11.6 Å². The predicted octanol–water partition coefficient (Wildman–Crippen LogP) is 1.58. The van der Waals surface area contributed by atoms with Gasteiger partial charge >= 0.3 is 6.09 Å². The van der Waals surface area contributed by atoms with Gasteiger partial charge in [0.25, 0.3) is 0 Å². The largest absolute Gasteiger partial charge is 0.465 e. The quantitative estimate of drug-likeness (QED) is 0.826. The Hall–Kier alpha value is -1.89. The lowest BCUT2D eigenvalue weighted by atomic mass is 9.87. The second kappa shape index (κ2) is 5.72. The SMILES string of the molecule is NC1CCc2c(F)c(N3CCN(C(=O)O)CC3)cc(F)c2C1.